The molecule has 5 nitrogen and oxygen atoms in total. The number of hydrogen-bond acceptors (Lipinski definition) is 5. The van der Waals surface area contributed by atoms with E-state index in [-0.39, 0.29) is 5.91 Å². The fourth-order valence-electron chi connectivity index (χ4n) is 2.42. The molecule has 0 aliphatic carbocycles. The number of aryl methyl sites for hydroxylation is 3. The second kappa shape index (κ2) is 8.19. The third-order valence-electron chi connectivity index (χ3n) is 3.90. The summed E-state index contributed by atoms with van der Waals surface area (Å²) in [6.07, 6.45) is 0. The lowest BCUT2D eigenvalue weighted by Gasteiger charge is -2.08. The fourth-order valence-corrected chi connectivity index (χ4v) is 3.08. The Labute approximate surface area is 157 Å². The number of rotatable bonds is 6. The number of carbonyl (C=O) groups is 1. The maximum atomic E-state index is 12.1. The maximum absolute atomic E-state index is 12.1. The molecule has 0 aliphatic heterocycles. The van der Waals surface area contributed by atoms with E-state index in [9.17, 15) is 4.79 Å². The zero-order valence-electron chi connectivity index (χ0n) is 15.1. The number of benzene rings is 2. The standard InChI is InChI=1S/C20H21N3O2S/c1-13-5-8-16(9-6-13)20-22-18(23-25-20)11-26-12-19(24)21-17-10-14(2)4-7-15(17)3/h4-10H,11-12H2,1-3H3,(H,21,24). The van der Waals surface area contributed by atoms with Crippen molar-refractivity contribution in [3.8, 4) is 11.5 Å². The highest BCUT2D eigenvalue weighted by Gasteiger charge is 2.10. The molecule has 26 heavy (non-hydrogen) atoms. The highest BCUT2D eigenvalue weighted by atomic mass is 32.2. The topological polar surface area (TPSA) is 68.0 Å². The van der Waals surface area contributed by atoms with Crippen LogP contribution in [-0.2, 0) is 10.5 Å². The zero-order chi connectivity index (χ0) is 18.5. The van der Waals surface area contributed by atoms with Gasteiger partial charge in [-0.2, -0.15) is 4.98 Å². The van der Waals surface area contributed by atoms with Crippen LogP contribution in [0, 0.1) is 20.8 Å². The molecular weight excluding hydrogens is 346 g/mol. The van der Waals surface area contributed by atoms with Crippen molar-refractivity contribution in [2.24, 2.45) is 0 Å². The Morgan fingerprint density at radius 3 is 2.58 bits per heavy atom. The fraction of sp³-hybridized carbons (Fsp3) is 0.250. The average Bonchev–Trinajstić information content (AvgIpc) is 3.08. The van der Waals surface area contributed by atoms with E-state index in [0.29, 0.717) is 23.2 Å². The first-order valence-electron chi connectivity index (χ1n) is 8.36. The number of nitrogens with zero attached hydrogens (tertiary/aromatic N) is 2. The van der Waals surface area contributed by atoms with E-state index in [0.717, 1.165) is 22.4 Å². The second-order valence-corrected chi connectivity index (χ2v) is 7.23. The number of aromatic nitrogens is 2. The molecule has 6 heteroatoms. The lowest BCUT2D eigenvalue weighted by Crippen LogP contribution is -2.15. The maximum Gasteiger partial charge on any atom is 0.257 e. The molecule has 3 rings (SSSR count). The van der Waals surface area contributed by atoms with Crippen molar-refractivity contribution in [2.45, 2.75) is 26.5 Å². The summed E-state index contributed by atoms with van der Waals surface area (Å²) in [5.74, 6) is 1.91. The van der Waals surface area contributed by atoms with Gasteiger partial charge in [0, 0.05) is 11.3 Å². The molecule has 0 spiro atoms. The van der Waals surface area contributed by atoms with Crippen LogP contribution in [0.5, 0.6) is 0 Å². The Morgan fingerprint density at radius 2 is 1.81 bits per heavy atom. The van der Waals surface area contributed by atoms with Gasteiger partial charge >= 0.3 is 0 Å². The molecule has 1 amide bonds. The number of hydrogen-bond donors (Lipinski definition) is 1. The average molecular weight is 367 g/mol. The van der Waals surface area contributed by atoms with Crippen molar-refractivity contribution in [3.63, 3.8) is 0 Å². The summed E-state index contributed by atoms with van der Waals surface area (Å²) in [7, 11) is 0. The number of anilines is 1. The van der Waals surface area contributed by atoms with Gasteiger partial charge in [-0.3, -0.25) is 4.79 Å². The van der Waals surface area contributed by atoms with E-state index < -0.39 is 0 Å². The van der Waals surface area contributed by atoms with E-state index in [2.05, 4.69) is 15.5 Å². The Balaban J connectivity index is 1.51. The second-order valence-electron chi connectivity index (χ2n) is 6.24. The van der Waals surface area contributed by atoms with Crippen LogP contribution in [0.3, 0.4) is 0 Å². The lowest BCUT2D eigenvalue weighted by molar-refractivity contribution is -0.113. The Kier molecular flexibility index (Phi) is 5.73. The molecule has 2 aromatic carbocycles. The first kappa shape index (κ1) is 18.2. The largest absolute Gasteiger partial charge is 0.334 e. The molecule has 0 unspecified atom stereocenters. The summed E-state index contributed by atoms with van der Waals surface area (Å²) >= 11 is 1.46. The van der Waals surface area contributed by atoms with Crippen molar-refractivity contribution in [2.75, 3.05) is 11.1 Å². The summed E-state index contributed by atoms with van der Waals surface area (Å²) in [6, 6.07) is 13.9. The smallest absolute Gasteiger partial charge is 0.257 e. The summed E-state index contributed by atoms with van der Waals surface area (Å²) in [6.45, 7) is 6.02. The minimum Gasteiger partial charge on any atom is -0.334 e. The van der Waals surface area contributed by atoms with E-state index >= 15 is 0 Å². The summed E-state index contributed by atoms with van der Waals surface area (Å²) < 4.78 is 5.30. The molecule has 1 aromatic heterocycles. The molecule has 0 radical (unpaired) electrons. The highest BCUT2D eigenvalue weighted by Crippen LogP contribution is 2.20. The molecule has 134 valence electrons. The first-order chi connectivity index (χ1) is 12.5. The van der Waals surface area contributed by atoms with Gasteiger partial charge in [-0.25, -0.2) is 0 Å². The van der Waals surface area contributed by atoms with Crippen LogP contribution in [0.25, 0.3) is 11.5 Å². The van der Waals surface area contributed by atoms with Crippen LogP contribution in [0.1, 0.15) is 22.5 Å². The van der Waals surface area contributed by atoms with Crippen molar-refractivity contribution >= 4 is 23.4 Å². The normalized spacial score (nSPS) is 10.7. The zero-order valence-corrected chi connectivity index (χ0v) is 15.9. The van der Waals surface area contributed by atoms with Crippen LogP contribution >= 0.6 is 11.8 Å². The number of carbonyl (C=O) groups excluding carboxylic acids is 1. The van der Waals surface area contributed by atoms with Gasteiger partial charge in [-0.15, -0.1) is 11.8 Å². The lowest BCUT2D eigenvalue weighted by atomic mass is 10.1. The number of thioether (sulfide) groups is 1. The number of amides is 1. The predicted molar refractivity (Wildman–Crippen MR) is 105 cm³/mol. The molecule has 0 saturated heterocycles. The van der Waals surface area contributed by atoms with Gasteiger partial charge < -0.3 is 9.84 Å². The van der Waals surface area contributed by atoms with Crippen LogP contribution in [0.15, 0.2) is 47.0 Å². The minimum atomic E-state index is -0.0362. The van der Waals surface area contributed by atoms with Crippen LogP contribution in [0.4, 0.5) is 5.69 Å². The van der Waals surface area contributed by atoms with Crippen molar-refractivity contribution < 1.29 is 9.32 Å². The molecule has 1 heterocycles. The molecule has 3 aromatic rings. The van der Waals surface area contributed by atoms with E-state index in [1.807, 2.05) is 63.2 Å². The molecule has 0 atom stereocenters. The monoisotopic (exact) mass is 367 g/mol. The van der Waals surface area contributed by atoms with Gasteiger partial charge in [-0.05, 0) is 50.1 Å². The molecule has 0 bridgehead atoms. The van der Waals surface area contributed by atoms with Crippen LogP contribution in [0.2, 0.25) is 0 Å². The summed E-state index contributed by atoms with van der Waals surface area (Å²) in [4.78, 5) is 16.5. The molecule has 0 saturated carbocycles. The molecule has 1 N–H and O–H groups in total. The Hall–Kier alpha value is -2.60. The summed E-state index contributed by atoms with van der Waals surface area (Å²) in [5.41, 5.74) is 5.10. The van der Waals surface area contributed by atoms with Gasteiger partial charge in [-0.1, -0.05) is 35.0 Å². The highest BCUT2D eigenvalue weighted by molar-refractivity contribution is 7.99. The Bertz CT molecular complexity index is 904. The van der Waals surface area contributed by atoms with Crippen molar-refractivity contribution in [1.82, 2.24) is 10.1 Å². The first-order valence-corrected chi connectivity index (χ1v) is 9.51. The quantitative estimate of drug-likeness (QED) is 0.693. The van der Waals surface area contributed by atoms with E-state index in [4.69, 9.17) is 4.52 Å². The third-order valence-corrected chi connectivity index (χ3v) is 4.83. The van der Waals surface area contributed by atoms with Gasteiger partial charge in [0.05, 0.1) is 11.5 Å². The van der Waals surface area contributed by atoms with E-state index in [1.54, 1.807) is 0 Å². The SMILES string of the molecule is Cc1ccc(-c2nc(CSCC(=O)Nc3cc(C)ccc3C)no2)cc1. The predicted octanol–water partition coefficient (Wildman–Crippen LogP) is 4.53. The van der Waals surface area contributed by atoms with Crippen LogP contribution in [-0.4, -0.2) is 21.8 Å². The van der Waals surface area contributed by atoms with Gasteiger partial charge in [0.1, 0.15) is 0 Å². The number of nitrogens with one attached hydrogen (secondary N) is 1. The van der Waals surface area contributed by atoms with Crippen molar-refractivity contribution in [1.29, 1.82) is 0 Å². The van der Waals surface area contributed by atoms with E-state index in [1.165, 1.54) is 17.3 Å². The van der Waals surface area contributed by atoms with Gasteiger partial charge in [0.15, 0.2) is 5.82 Å². The summed E-state index contributed by atoms with van der Waals surface area (Å²) in [5, 5.41) is 6.93. The molecular formula is C20H21N3O2S. The van der Waals surface area contributed by atoms with Gasteiger partial charge in [0.2, 0.25) is 5.91 Å². The van der Waals surface area contributed by atoms with Crippen LogP contribution < -0.4 is 5.32 Å². The van der Waals surface area contributed by atoms with Gasteiger partial charge in [0.25, 0.3) is 5.89 Å². The molecule has 0 fully saturated rings. The Morgan fingerprint density at radius 1 is 1.08 bits per heavy atom. The third kappa shape index (κ3) is 4.73. The molecule has 0 aliphatic rings. The van der Waals surface area contributed by atoms with Crippen molar-refractivity contribution in [3.05, 3.63) is 65.0 Å². The minimum absolute atomic E-state index is 0.0362.